The van der Waals surface area contributed by atoms with Gasteiger partial charge in [-0.15, -0.1) is 0 Å². The summed E-state index contributed by atoms with van der Waals surface area (Å²) in [5.74, 6) is 0. The van der Waals surface area contributed by atoms with Crippen LogP contribution in [0.25, 0.3) is 0 Å². The molecule has 2 unspecified atom stereocenters. The first-order valence-corrected chi connectivity index (χ1v) is 6.42. The van der Waals surface area contributed by atoms with Crippen LogP contribution in [-0.2, 0) is 0 Å². The third kappa shape index (κ3) is 1.86. The second kappa shape index (κ2) is 4.18. The third-order valence-corrected chi connectivity index (χ3v) is 4.32. The number of likely N-dealkylation sites (N-methyl/N-ethyl adjacent to an activating group) is 1. The van der Waals surface area contributed by atoms with Crippen LogP contribution in [0.2, 0.25) is 0 Å². The first kappa shape index (κ1) is 10.8. The molecule has 2 aliphatic rings. The lowest BCUT2D eigenvalue weighted by molar-refractivity contribution is 0.254. The van der Waals surface area contributed by atoms with E-state index in [1.807, 2.05) is 12.3 Å². The Morgan fingerprint density at radius 3 is 2.94 bits per heavy atom. The number of nitrogens with two attached hydrogens (primary N) is 1. The number of nitrogens with zero attached hydrogens (tertiary/aromatic N) is 3. The first-order chi connectivity index (χ1) is 8.25. The molecular formula is C13H20N4. The van der Waals surface area contributed by atoms with Crippen LogP contribution in [0, 0.1) is 0 Å². The molecule has 2 fully saturated rings. The van der Waals surface area contributed by atoms with Crippen molar-refractivity contribution in [3.8, 4) is 0 Å². The maximum atomic E-state index is 6.02. The number of hydrogen-bond acceptors (Lipinski definition) is 4. The summed E-state index contributed by atoms with van der Waals surface area (Å²) in [6.45, 7) is 2.21. The molecule has 0 aromatic carbocycles. The predicted molar refractivity (Wildman–Crippen MR) is 70.1 cm³/mol. The zero-order valence-electron chi connectivity index (χ0n) is 10.3. The molecule has 0 aliphatic carbocycles. The molecule has 3 heterocycles. The largest absolute Gasteiger partial charge is 0.396 e. The SMILES string of the molecule is CN1C2CCC1CN(c1ccncc1N)CC2. The van der Waals surface area contributed by atoms with E-state index in [4.69, 9.17) is 5.73 Å². The molecule has 2 N–H and O–H groups in total. The summed E-state index contributed by atoms with van der Waals surface area (Å²) in [5, 5.41) is 0. The summed E-state index contributed by atoms with van der Waals surface area (Å²) in [6, 6.07) is 3.50. The van der Waals surface area contributed by atoms with Gasteiger partial charge in [0.25, 0.3) is 0 Å². The highest BCUT2D eigenvalue weighted by atomic mass is 15.3. The van der Waals surface area contributed by atoms with Gasteiger partial charge in [-0.25, -0.2) is 0 Å². The van der Waals surface area contributed by atoms with Crippen molar-refractivity contribution in [2.24, 2.45) is 0 Å². The van der Waals surface area contributed by atoms with Crippen LogP contribution in [0.5, 0.6) is 0 Å². The molecular weight excluding hydrogens is 212 g/mol. The second-order valence-electron chi connectivity index (χ2n) is 5.22. The highest BCUT2D eigenvalue weighted by Gasteiger charge is 2.34. The van der Waals surface area contributed by atoms with Crippen LogP contribution in [0.15, 0.2) is 18.5 Å². The second-order valence-corrected chi connectivity index (χ2v) is 5.22. The Kier molecular flexibility index (Phi) is 2.67. The fourth-order valence-electron chi connectivity index (χ4n) is 3.21. The van der Waals surface area contributed by atoms with E-state index < -0.39 is 0 Å². The average Bonchev–Trinajstić information content (AvgIpc) is 2.55. The van der Waals surface area contributed by atoms with Crippen molar-refractivity contribution in [1.29, 1.82) is 0 Å². The van der Waals surface area contributed by atoms with Crippen LogP contribution in [-0.4, -0.2) is 42.1 Å². The molecule has 0 spiro atoms. The van der Waals surface area contributed by atoms with Crippen molar-refractivity contribution < 1.29 is 0 Å². The predicted octanol–water partition coefficient (Wildman–Crippen LogP) is 1.34. The molecule has 4 heteroatoms. The third-order valence-electron chi connectivity index (χ3n) is 4.32. The highest BCUT2D eigenvalue weighted by molar-refractivity contribution is 5.66. The molecule has 3 rings (SSSR count). The number of fused-ring (bicyclic) bond motifs is 2. The van der Waals surface area contributed by atoms with Crippen LogP contribution >= 0.6 is 0 Å². The lowest BCUT2D eigenvalue weighted by Gasteiger charge is -2.28. The van der Waals surface area contributed by atoms with Gasteiger partial charge in [0.15, 0.2) is 0 Å². The lowest BCUT2D eigenvalue weighted by atomic mass is 10.1. The van der Waals surface area contributed by atoms with Crippen LogP contribution < -0.4 is 10.6 Å². The van der Waals surface area contributed by atoms with Crippen LogP contribution in [0.3, 0.4) is 0 Å². The maximum Gasteiger partial charge on any atom is 0.0738 e. The Hall–Kier alpha value is -1.29. The fourth-order valence-corrected chi connectivity index (χ4v) is 3.21. The molecule has 92 valence electrons. The van der Waals surface area contributed by atoms with E-state index in [0.29, 0.717) is 6.04 Å². The van der Waals surface area contributed by atoms with E-state index in [1.165, 1.54) is 19.3 Å². The first-order valence-electron chi connectivity index (χ1n) is 6.42. The van der Waals surface area contributed by atoms with Crippen molar-refractivity contribution in [1.82, 2.24) is 9.88 Å². The van der Waals surface area contributed by atoms with Gasteiger partial charge in [-0.2, -0.15) is 0 Å². The van der Waals surface area contributed by atoms with E-state index in [-0.39, 0.29) is 0 Å². The van der Waals surface area contributed by atoms with Crippen molar-refractivity contribution in [2.75, 3.05) is 30.8 Å². The van der Waals surface area contributed by atoms with E-state index in [0.717, 1.165) is 30.5 Å². The average molecular weight is 232 g/mol. The maximum absolute atomic E-state index is 6.02. The smallest absolute Gasteiger partial charge is 0.0738 e. The minimum atomic E-state index is 0.690. The summed E-state index contributed by atoms with van der Waals surface area (Å²) in [7, 11) is 2.27. The van der Waals surface area contributed by atoms with Gasteiger partial charge in [-0.1, -0.05) is 0 Å². The fraction of sp³-hybridized carbons (Fsp3) is 0.615. The van der Waals surface area contributed by atoms with Gasteiger partial charge >= 0.3 is 0 Å². The topological polar surface area (TPSA) is 45.4 Å². The zero-order valence-corrected chi connectivity index (χ0v) is 10.3. The van der Waals surface area contributed by atoms with E-state index in [1.54, 1.807) is 6.20 Å². The van der Waals surface area contributed by atoms with Gasteiger partial charge < -0.3 is 10.6 Å². The van der Waals surface area contributed by atoms with Gasteiger partial charge in [0.05, 0.1) is 17.6 Å². The minimum absolute atomic E-state index is 0.690. The molecule has 2 aliphatic heterocycles. The quantitative estimate of drug-likeness (QED) is 0.793. The Morgan fingerprint density at radius 2 is 2.12 bits per heavy atom. The van der Waals surface area contributed by atoms with Crippen LogP contribution in [0.4, 0.5) is 11.4 Å². The summed E-state index contributed by atoms with van der Waals surface area (Å²) in [4.78, 5) is 9.04. The van der Waals surface area contributed by atoms with Crippen molar-refractivity contribution in [3.05, 3.63) is 18.5 Å². The number of nitrogen functional groups attached to an aromatic ring is 1. The monoisotopic (exact) mass is 232 g/mol. The molecule has 2 atom stereocenters. The molecule has 0 saturated carbocycles. The molecule has 1 aromatic heterocycles. The summed E-state index contributed by atoms with van der Waals surface area (Å²) in [5.41, 5.74) is 7.97. The van der Waals surface area contributed by atoms with Crippen LogP contribution in [0.1, 0.15) is 19.3 Å². The van der Waals surface area contributed by atoms with Gasteiger partial charge in [-0.3, -0.25) is 9.88 Å². The number of aromatic nitrogens is 1. The summed E-state index contributed by atoms with van der Waals surface area (Å²) in [6.07, 6.45) is 7.51. The Balaban J connectivity index is 1.84. The Morgan fingerprint density at radius 1 is 1.29 bits per heavy atom. The molecule has 17 heavy (non-hydrogen) atoms. The molecule has 2 saturated heterocycles. The number of hydrogen-bond donors (Lipinski definition) is 1. The number of pyridine rings is 1. The highest BCUT2D eigenvalue weighted by Crippen LogP contribution is 2.32. The zero-order chi connectivity index (χ0) is 11.8. The van der Waals surface area contributed by atoms with Crippen molar-refractivity contribution in [2.45, 2.75) is 31.3 Å². The van der Waals surface area contributed by atoms with Gasteiger partial charge in [0, 0.05) is 31.4 Å². The normalized spacial score (nSPS) is 29.4. The molecule has 4 nitrogen and oxygen atoms in total. The molecule has 2 bridgehead atoms. The molecule has 1 aromatic rings. The van der Waals surface area contributed by atoms with Crippen molar-refractivity contribution in [3.63, 3.8) is 0 Å². The van der Waals surface area contributed by atoms with Gasteiger partial charge in [0.1, 0.15) is 0 Å². The Bertz CT molecular complexity index is 406. The summed E-state index contributed by atoms with van der Waals surface area (Å²) >= 11 is 0. The summed E-state index contributed by atoms with van der Waals surface area (Å²) < 4.78 is 0. The van der Waals surface area contributed by atoms with E-state index in [2.05, 4.69) is 21.8 Å². The van der Waals surface area contributed by atoms with E-state index >= 15 is 0 Å². The Labute approximate surface area is 102 Å². The number of rotatable bonds is 1. The molecule has 0 amide bonds. The van der Waals surface area contributed by atoms with E-state index in [9.17, 15) is 0 Å². The van der Waals surface area contributed by atoms with Gasteiger partial charge in [0.2, 0.25) is 0 Å². The lowest BCUT2D eigenvalue weighted by Crippen LogP contribution is -2.36. The minimum Gasteiger partial charge on any atom is -0.396 e. The number of anilines is 2. The van der Waals surface area contributed by atoms with Crippen molar-refractivity contribution >= 4 is 11.4 Å². The van der Waals surface area contributed by atoms with Gasteiger partial charge in [-0.05, 0) is 32.4 Å². The molecule has 0 radical (unpaired) electrons. The standard InChI is InChI=1S/C13H20N4/c1-16-10-2-3-11(16)9-17(7-5-10)13-4-6-15-8-12(13)14/h4,6,8,10-11H,2-3,5,7,9,14H2,1H3.